The van der Waals surface area contributed by atoms with Gasteiger partial charge >= 0.3 is 0 Å². The van der Waals surface area contributed by atoms with Gasteiger partial charge in [-0.05, 0) is 42.0 Å². The zero-order valence-electron chi connectivity index (χ0n) is 19.1. The van der Waals surface area contributed by atoms with Crippen LogP contribution >= 0.6 is 22.9 Å². The molecule has 0 radical (unpaired) electrons. The molecule has 0 spiro atoms. The molecule has 1 N–H and O–H groups in total. The monoisotopic (exact) mass is 541 g/mol. The molecule has 3 aromatic carbocycles. The number of amides is 1. The van der Waals surface area contributed by atoms with Gasteiger partial charge in [-0.1, -0.05) is 61.0 Å². The van der Waals surface area contributed by atoms with Gasteiger partial charge in [0.1, 0.15) is 5.82 Å². The van der Waals surface area contributed by atoms with E-state index in [-0.39, 0.29) is 49.8 Å². The second-order valence-corrected chi connectivity index (χ2v) is 11.7. The molecule has 9 heteroatoms. The quantitative estimate of drug-likeness (QED) is 0.261. The first-order valence-corrected chi connectivity index (χ1v) is 13.8. The maximum Gasteiger partial charge on any atom is 0.229 e. The lowest BCUT2D eigenvalue weighted by atomic mass is 10.0. The summed E-state index contributed by atoms with van der Waals surface area (Å²) in [6, 6.07) is 20.4. The van der Waals surface area contributed by atoms with Gasteiger partial charge in [0.2, 0.25) is 11.7 Å². The Balaban J connectivity index is 1.62. The minimum atomic E-state index is -3.33. The molecular weight excluding hydrogens is 521 g/mol. The van der Waals surface area contributed by atoms with E-state index in [4.69, 9.17) is 11.6 Å². The highest BCUT2D eigenvalue weighted by atomic mass is 35.5. The first kappa shape index (κ1) is 25.8. The van der Waals surface area contributed by atoms with Crippen molar-refractivity contribution in [3.8, 4) is 11.1 Å². The van der Waals surface area contributed by atoms with Crippen molar-refractivity contribution in [1.82, 2.24) is 0 Å². The molecule has 0 aliphatic carbocycles. The number of halogens is 2. The second kappa shape index (κ2) is 10.7. The molecule has 0 unspecified atom stereocenters. The Morgan fingerprint density at radius 1 is 0.944 bits per heavy atom. The van der Waals surface area contributed by atoms with Crippen LogP contribution in [0.15, 0.2) is 83.8 Å². The van der Waals surface area contributed by atoms with Crippen LogP contribution in [0.1, 0.15) is 27.7 Å². The van der Waals surface area contributed by atoms with Crippen molar-refractivity contribution in [2.75, 3.05) is 11.1 Å². The van der Waals surface area contributed by atoms with E-state index in [0.29, 0.717) is 16.1 Å². The minimum absolute atomic E-state index is 0.00677. The lowest BCUT2D eigenvalue weighted by Crippen LogP contribution is -2.13. The molecule has 1 aromatic heterocycles. The summed E-state index contributed by atoms with van der Waals surface area (Å²) in [4.78, 5) is 26.5. The summed E-state index contributed by atoms with van der Waals surface area (Å²) in [6.07, 6.45) is -0.00677. The van der Waals surface area contributed by atoms with Crippen molar-refractivity contribution in [3.05, 3.63) is 106 Å². The van der Waals surface area contributed by atoms with Crippen molar-refractivity contribution < 1.29 is 22.4 Å². The van der Waals surface area contributed by atoms with Gasteiger partial charge in [0.15, 0.2) is 9.84 Å². The number of sulfone groups is 1. The van der Waals surface area contributed by atoms with Crippen LogP contribution in [0.3, 0.4) is 0 Å². The van der Waals surface area contributed by atoms with E-state index in [0.717, 1.165) is 11.3 Å². The molecule has 0 aliphatic rings. The van der Waals surface area contributed by atoms with Gasteiger partial charge in [-0.25, -0.2) is 12.8 Å². The minimum Gasteiger partial charge on any atom is -0.317 e. The van der Waals surface area contributed by atoms with Gasteiger partial charge in [0.25, 0.3) is 0 Å². The maximum absolute atomic E-state index is 14.6. The number of hydrogen-bond acceptors (Lipinski definition) is 5. The van der Waals surface area contributed by atoms with Gasteiger partial charge in [-0.2, -0.15) is 0 Å². The molecule has 184 valence electrons. The Kier molecular flexibility index (Phi) is 7.68. The number of thiophene rings is 1. The average molecular weight is 542 g/mol. The first-order chi connectivity index (χ1) is 17.2. The number of ketones is 1. The Morgan fingerprint density at radius 2 is 1.61 bits per heavy atom. The van der Waals surface area contributed by atoms with Crippen molar-refractivity contribution >= 4 is 49.5 Å². The Morgan fingerprint density at radius 3 is 2.28 bits per heavy atom. The zero-order chi connectivity index (χ0) is 25.9. The maximum atomic E-state index is 14.6. The summed E-state index contributed by atoms with van der Waals surface area (Å²) in [5, 5.41) is 3.42. The molecule has 36 heavy (non-hydrogen) atoms. The van der Waals surface area contributed by atoms with E-state index < -0.39 is 15.7 Å². The van der Waals surface area contributed by atoms with Crippen molar-refractivity contribution in [2.24, 2.45) is 0 Å². The highest BCUT2D eigenvalue weighted by Gasteiger charge is 2.23. The van der Waals surface area contributed by atoms with Gasteiger partial charge < -0.3 is 5.32 Å². The molecule has 0 saturated carbocycles. The van der Waals surface area contributed by atoms with E-state index in [1.165, 1.54) is 18.2 Å². The lowest BCUT2D eigenvalue weighted by Gasteiger charge is -2.06. The van der Waals surface area contributed by atoms with Crippen LogP contribution in [0.25, 0.3) is 11.1 Å². The average Bonchev–Trinajstić information content (AvgIpc) is 3.27. The Labute approximate surface area is 217 Å². The Bertz CT molecular complexity index is 1550. The summed E-state index contributed by atoms with van der Waals surface area (Å²) < 4.78 is 38.6. The van der Waals surface area contributed by atoms with Crippen LogP contribution in [0.5, 0.6) is 0 Å². The largest absolute Gasteiger partial charge is 0.317 e. The van der Waals surface area contributed by atoms with Gasteiger partial charge in [-0.15, -0.1) is 11.3 Å². The van der Waals surface area contributed by atoms with Crippen molar-refractivity contribution in [1.29, 1.82) is 0 Å². The molecule has 0 aliphatic heterocycles. The molecule has 4 aromatic rings. The van der Waals surface area contributed by atoms with Gasteiger partial charge in [0, 0.05) is 16.7 Å². The SMILES string of the molecule is CCS(=O)(=O)c1ccc(CC(=O)Nc2cc(-c3ccccc3F)c(C(=O)c3ccccc3Cl)s2)cc1. The first-order valence-electron chi connectivity index (χ1n) is 11.0. The molecule has 1 heterocycles. The summed E-state index contributed by atoms with van der Waals surface area (Å²) in [6.45, 7) is 1.57. The van der Waals surface area contributed by atoms with Crippen LogP contribution < -0.4 is 5.32 Å². The predicted octanol–water partition coefficient (Wildman–Crippen LogP) is 6.41. The molecule has 5 nitrogen and oxygen atoms in total. The second-order valence-electron chi connectivity index (χ2n) is 7.91. The Hall–Kier alpha value is -3.33. The number of nitrogens with one attached hydrogen (secondary N) is 1. The van der Waals surface area contributed by atoms with E-state index in [1.54, 1.807) is 67.6 Å². The van der Waals surface area contributed by atoms with E-state index in [1.807, 2.05) is 0 Å². The zero-order valence-corrected chi connectivity index (χ0v) is 21.5. The third-order valence-corrected chi connectivity index (χ3v) is 8.64. The van der Waals surface area contributed by atoms with Crippen molar-refractivity contribution in [3.63, 3.8) is 0 Å². The summed E-state index contributed by atoms with van der Waals surface area (Å²) in [5.41, 5.74) is 1.49. The number of hydrogen-bond donors (Lipinski definition) is 1. The van der Waals surface area contributed by atoms with Gasteiger partial charge in [0.05, 0.1) is 32.0 Å². The number of carbonyl (C=O) groups excluding carboxylic acids is 2. The highest BCUT2D eigenvalue weighted by Crippen LogP contribution is 2.38. The van der Waals surface area contributed by atoms with E-state index >= 15 is 0 Å². The van der Waals surface area contributed by atoms with Crippen molar-refractivity contribution in [2.45, 2.75) is 18.2 Å². The molecule has 0 saturated heterocycles. The van der Waals surface area contributed by atoms with E-state index in [9.17, 15) is 22.4 Å². The summed E-state index contributed by atoms with van der Waals surface area (Å²) in [7, 11) is -3.33. The third-order valence-electron chi connectivity index (χ3n) is 5.51. The van der Waals surface area contributed by atoms with Crippen LogP contribution in [-0.4, -0.2) is 25.9 Å². The molecular formula is C27H21ClFNO4S2. The topological polar surface area (TPSA) is 80.3 Å². The standard InChI is InChI=1S/C27H21ClFNO4S2/c1-2-36(33,34)18-13-11-17(12-14-18)15-24(31)30-25-16-21(19-7-4-6-10-23(19)29)27(35-25)26(32)20-8-3-5-9-22(20)28/h3-14,16H,2,15H2,1H3,(H,30,31). The number of rotatable bonds is 8. The smallest absolute Gasteiger partial charge is 0.229 e. The molecule has 0 atom stereocenters. The fourth-order valence-electron chi connectivity index (χ4n) is 3.62. The number of anilines is 1. The third kappa shape index (κ3) is 5.56. The molecule has 1 amide bonds. The normalized spacial score (nSPS) is 11.3. The van der Waals surface area contributed by atoms with Crippen LogP contribution in [-0.2, 0) is 21.1 Å². The lowest BCUT2D eigenvalue weighted by molar-refractivity contribution is -0.115. The predicted molar refractivity (Wildman–Crippen MR) is 141 cm³/mol. The van der Waals surface area contributed by atoms with Crippen LogP contribution in [0.2, 0.25) is 5.02 Å². The van der Waals surface area contributed by atoms with Gasteiger partial charge in [-0.3, -0.25) is 9.59 Å². The number of carbonyl (C=O) groups is 2. The number of benzene rings is 3. The summed E-state index contributed by atoms with van der Waals surface area (Å²) in [5.74, 6) is -1.25. The van der Waals surface area contributed by atoms with Crippen LogP contribution in [0, 0.1) is 5.82 Å². The van der Waals surface area contributed by atoms with Crippen LogP contribution in [0.4, 0.5) is 9.39 Å². The molecule has 0 fully saturated rings. The highest BCUT2D eigenvalue weighted by molar-refractivity contribution is 7.91. The van der Waals surface area contributed by atoms with E-state index in [2.05, 4.69) is 5.32 Å². The molecule has 0 bridgehead atoms. The summed E-state index contributed by atoms with van der Waals surface area (Å²) >= 11 is 7.27. The molecule has 4 rings (SSSR count). The fourth-order valence-corrected chi connectivity index (χ4v) is 5.77. The fraction of sp³-hybridized carbons (Fsp3) is 0.111.